The number of nitrogens with two attached hydrogens (primary N) is 1. The molecule has 1 rings (SSSR count). The van der Waals surface area contributed by atoms with Crippen molar-refractivity contribution < 1.29 is 9.53 Å². The topological polar surface area (TPSA) is 52.3 Å². The summed E-state index contributed by atoms with van der Waals surface area (Å²) in [5, 5.41) is 0. The van der Waals surface area contributed by atoms with E-state index in [0.29, 0.717) is 5.92 Å². The van der Waals surface area contributed by atoms with Crippen LogP contribution < -0.4 is 5.73 Å². The van der Waals surface area contributed by atoms with Gasteiger partial charge in [-0.1, -0.05) is 32.6 Å². The second-order valence-electron chi connectivity index (χ2n) is 4.83. The monoisotopic (exact) mass is 213 g/mol. The number of rotatable bonds is 4. The summed E-state index contributed by atoms with van der Waals surface area (Å²) < 4.78 is 5.32. The number of ether oxygens (including phenoxy) is 1. The van der Waals surface area contributed by atoms with E-state index in [1.807, 2.05) is 6.92 Å². The summed E-state index contributed by atoms with van der Waals surface area (Å²) in [5.41, 5.74) is 5.46. The molecular formula is C12H23NO2. The minimum absolute atomic E-state index is 0.00778. The lowest BCUT2D eigenvalue weighted by Crippen LogP contribution is -2.34. The molecule has 0 aliphatic heterocycles. The highest BCUT2D eigenvalue weighted by molar-refractivity contribution is 5.75. The maximum Gasteiger partial charge on any atom is 0.322 e. The smallest absolute Gasteiger partial charge is 0.322 e. The summed E-state index contributed by atoms with van der Waals surface area (Å²) in [7, 11) is 0. The van der Waals surface area contributed by atoms with Crippen LogP contribution in [0.5, 0.6) is 0 Å². The Morgan fingerprint density at radius 3 is 2.27 bits per heavy atom. The second kappa shape index (κ2) is 5.50. The average Bonchev–Trinajstić information content (AvgIpc) is 2.68. The molecule has 3 heteroatoms. The molecule has 0 aromatic carbocycles. The Labute approximate surface area is 92.4 Å². The summed E-state index contributed by atoms with van der Waals surface area (Å²) >= 11 is 0. The first-order valence-electron chi connectivity index (χ1n) is 5.98. The summed E-state index contributed by atoms with van der Waals surface area (Å²) in [6, 6.07) is -0.511. The van der Waals surface area contributed by atoms with Crippen molar-refractivity contribution in [1.29, 1.82) is 0 Å². The van der Waals surface area contributed by atoms with Crippen LogP contribution in [-0.4, -0.2) is 18.1 Å². The SMILES string of the molecule is CC(OC(=O)[C@H](C)N)[C@H](C)C1CCCC1. The molecule has 0 amide bonds. The number of hydrogen-bond donors (Lipinski definition) is 1. The van der Waals surface area contributed by atoms with Crippen LogP contribution in [0.3, 0.4) is 0 Å². The van der Waals surface area contributed by atoms with Crippen LogP contribution in [0, 0.1) is 11.8 Å². The van der Waals surface area contributed by atoms with Gasteiger partial charge >= 0.3 is 5.97 Å². The zero-order valence-electron chi connectivity index (χ0n) is 10.0. The number of carbonyl (C=O) groups is 1. The predicted molar refractivity (Wildman–Crippen MR) is 60.3 cm³/mol. The van der Waals surface area contributed by atoms with Crippen molar-refractivity contribution in [1.82, 2.24) is 0 Å². The molecule has 0 saturated heterocycles. The van der Waals surface area contributed by atoms with Crippen molar-refractivity contribution in [3.05, 3.63) is 0 Å². The number of hydrogen-bond acceptors (Lipinski definition) is 3. The quantitative estimate of drug-likeness (QED) is 0.727. The summed E-state index contributed by atoms with van der Waals surface area (Å²) in [5.74, 6) is 0.892. The maximum atomic E-state index is 11.3. The van der Waals surface area contributed by atoms with Gasteiger partial charge in [0.1, 0.15) is 12.1 Å². The van der Waals surface area contributed by atoms with Crippen molar-refractivity contribution in [2.45, 2.75) is 58.6 Å². The van der Waals surface area contributed by atoms with Gasteiger partial charge < -0.3 is 10.5 Å². The summed E-state index contributed by atoms with van der Waals surface area (Å²) in [6.45, 7) is 5.81. The highest BCUT2D eigenvalue weighted by Crippen LogP contribution is 2.33. The Bertz CT molecular complexity index is 210. The maximum absolute atomic E-state index is 11.3. The minimum atomic E-state index is -0.511. The fourth-order valence-electron chi connectivity index (χ4n) is 2.26. The van der Waals surface area contributed by atoms with E-state index in [1.54, 1.807) is 6.92 Å². The molecule has 0 aromatic rings. The molecule has 1 saturated carbocycles. The zero-order valence-corrected chi connectivity index (χ0v) is 10.0. The molecule has 1 aliphatic carbocycles. The van der Waals surface area contributed by atoms with E-state index in [9.17, 15) is 4.79 Å². The molecule has 2 N–H and O–H groups in total. The molecule has 3 atom stereocenters. The third-order valence-corrected chi connectivity index (χ3v) is 3.56. The van der Waals surface area contributed by atoms with Gasteiger partial charge in [0.15, 0.2) is 0 Å². The minimum Gasteiger partial charge on any atom is -0.461 e. The van der Waals surface area contributed by atoms with E-state index in [2.05, 4.69) is 6.92 Å². The van der Waals surface area contributed by atoms with Gasteiger partial charge in [0.05, 0.1) is 0 Å². The van der Waals surface area contributed by atoms with Gasteiger partial charge in [-0.05, 0) is 25.7 Å². The Balaban J connectivity index is 2.38. The van der Waals surface area contributed by atoms with Gasteiger partial charge in [-0.3, -0.25) is 4.79 Å². The molecule has 15 heavy (non-hydrogen) atoms. The lowest BCUT2D eigenvalue weighted by atomic mass is 9.88. The fourth-order valence-corrected chi connectivity index (χ4v) is 2.26. The van der Waals surface area contributed by atoms with Gasteiger partial charge in [0.2, 0.25) is 0 Å². The predicted octanol–water partition coefficient (Wildman–Crippen LogP) is 2.09. The van der Waals surface area contributed by atoms with Gasteiger partial charge in [-0.25, -0.2) is 0 Å². The first kappa shape index (κ1) is 12.5. The van der Waals surface area contributed by atoms with Crippen molar-refractivity contribution in [3.63, 3.8) is 0 Å². The second-order valence-corrected chi connectivity index (χ2v) is 4.83. The third kappa shape index (κ3) is 3.49. The van der Waals surface area contributed by atoms with E-state index >= 15 is 0 Å². The van der Waals surface area contributed by atoms with Gasteiger partial charge in [-0.2, -0.15) is 0 Å². The molecule has 3 nitrogen and oxygen atoms in total. The van der Waals surface area contributed by atoms with Crippen LogP contribution in [-0.2, 0) is 9.53 Å². The first-order valence-corrected chi connectivity index (χ1v) is 5.98. The molecule has 88 valence electrons. The Hall–Kier alpha value is -0.570. The summed E-state index contributed by atoms with van der Waals surface area (Å²) in [6.07, 6.45) is 5.20. The standard InChI is InChI=1S/C12H23NO2/c1-8(11-6-4-5-7-11)10(3)15-12(14)9(2)13/h8-11H,4-7,13H2,1-3H3/t8-,9-,10?/m0/s1. The highest BCUT2D eigenvalue weighted by Gasteiger charge is 2.28. The van der Waals surface area contributed by atoms with E-state index in [1.165, 1.54) is 25.7 Å². The van der Waals surface area contributed by atoms with Crippen molar-refractivity contribution >= 4 is 5.97 Å². The molecule has 0 heterocycles. The molecule has 0 radical (unpaired) electrons. The largest absolute Gasteiger partial charge is 0.461 e. The van der Waals surface area contributed by atoms with Gasteiger partial charge in [0, 0.05) is 0 Å². The Morgan fingerprint density at radius 1 is 1.27 bits per heavy atom. The summed E-state index contributed by atoms with van der Waals surface area (Å²) in [4.78, 5) is 11.3. The molecule has 0 spiro atoms. The van der Waals surface area contributed by atoms with E-state index < -0.39 is 6.04 Å². The zero-order chi connectivity index (χ0) is 11.4. The first-order chi connectivity index (χ1) is 7.02. The molecular weight excluding hydrogens is 190 g/mol. The number of carbonyl (C=O) groups excluding carboxylic acids is 1. The van der Waals surface area contributed by atoms with E-state index in [4.69, 9.17) is 10.5 Å². The van der Waals surface area contributed by atoms with Crippen molar-refractivity contribution in [3.8, 4) is 0 Å². The lowest BCUT2D eigenvalue weighted by molar-refractivity contribution is -0.152. The number of esters is 1. The molecule has 0 aromatic heterocycles. The van der Waals surface area contributed by atoms with Crippen LogP contribution >= 0.6 is 0 Å². The Kier molecular flexibility index (Phi) is 4.58. The normalized spacial score (nSPS) is 23.5. The van der Waals surface area contributed by atoms with Crippen molar-refractivity contribution in [2.75, 3.05) is 0 Å². The van der Waals surface area contributed by atoms with Gasteiger partial charge in [0.25, 0.3) is 0 Å². The highest BCUT2D eigenvalue weighted by atomic mass is 16.5. The van der Waals surface area contributed by atoms with Crippen LogP contribution in [0.1, 0.15) is 46.5 Å². The van der Waals surface area contributed by atoms with Crippen LogP contribution in [0.25, 0.3) is 0 Å². The molecule has 1 unspecified atom stereocenters. The third-order valence-electron chi connectivity index (χ3n) is 3.56. The molecule has 1 fully saturated rings. The molecule has 1 aliphatic rings. The van der Waals surface area contributed by atoms with E-state index in [-0.39, 0.29) is 12.1 Å². The van der Waals surface area contributed by atoms with E-state index in [0.717, 1.165) is 5.92 Å². The fraction of sp³-hybridized carbons (Fsp3) is 0.917. The Morgan fingerprint density at radius 2 is 1.80 bits per heavy atom. The average molecular weight is 213 g/mol. The lowest BCUT2D eigenvalue weighted by Gasteiger charge is -2.26. The van der Waals surface area contributed by atoms with Crippen LogP contribution in [0.15, 0.2) is 0 Å². The van der Waals surface area contributed by atoms with Crippen LogP contribution in [0.2, 0.25) is 0 Å². The molecule has 0 bridgehead atoms. The van der Waals surface area contributed by atoms with Crippen molar-refractivity contribution in [2.24, 2.45) is 17.6 Å². The van der Waals surface area contributed by atoms with Crippen LogP contribution in [0.4, 0.5) is 0 Å². The van der Waals surface area contributed by atoms with Gasteiger partial charge in [-0.15, -0.1) is 0 Å².